The first-order valence-electron chi connectivity index (χ1n) is 12.0. The molecule has 0 spiro atoms. The standard InChI is InChI=1S/C26H32BF3N2O3/c1-17-9-10-18(15-20(17)27-34-24(2,3)25(4,5)35-27)23(33)31-21-16-19(26(28,29)30)11-12-22(21)32-13-7-6-8-14-32/h9-12,15-16H,6-8,13-14H2,1-5H3,(H,31,33). The monoisotopic (exact) mass is 488 g/mol. The van der Waals surface area contributed by atoms with Crippen LogP contribution in [-0.2, 0) is 15.5 Å². The second-order valence-electron chi connectivity index (χ2n) is 10.4. The summed E-state index contributed by atoms with van der Waals surface area (Å²) in [7, 11) is -0.648. The number of alkyl halides is 3. The van der Waals surface area contributed by atoms with Crippen molar-refractivity contribution >= 4 is 29.9 Å². The van der Waals surface area contributed by atoms with Gasteiger partial charge in [-0.15, -0.1) is 0 Å². The Morgan fingerprint density at radius 2 is 1.60 bits per heavy atom. The summed E-state index contributed by atoms with van der Waals surface area (Å²) < 4.78 is 52.6. The van der Waals surface area contributed by atoms with Gasteiger partial charge in [-0.2, -0.15) is 13.2 Å². The molecule has 0 bridgehead atoms. The third-order valence-corrected chi connectivity index (χ3v) is 7.32. The Kier molecular flexibility index (Phi) is 6.70. The van der Waals surface area contributed by atoms with Crippen molar-refractivity contribution in [2.75, 3.05) is 23.3 Å². The quantitative estimate of drug-likeness (QED) is 0.573. The van der Waals surface area contributed by atoms with Crippen LogP contribution in [0.2, 0.25) is 0 Å². The summed E-state index contributed by atoms with van der Waals surface area (Å²) in [5, 5.41) is 2.74. The molecule has 2 aromatic carbocycles. The van der Waals surface area contributed by atoms with Gasteiger partial charge in [0.05, 0.1) is 28.1 Å². The maximum Gasteiger partial charge on any atom is 0.495 e. The minimum atomic E-state index is -4.51. The van der Waals surface area contributed by atoms with Gasteiger partial charge in [0.2, 0.25) is 0 Å². The van der Waals surface area contributed by atoms with Crippen LogP contribution in [0.4, 0.5) is 24.5 Å². The van der Waals surface area contributed by atoms with E-state index in [2.05, 4.69) is 5.32 Å². The van der Waals surface area contributed by atoms with Crippen molar-refractivity contribution in [1.29, 1.82) is 0 Å². The topological polar surface area (TPSA) is 50.8 Å². The van der Waals surface area contributed by atoms with E-state index in [9.17, 15) is 18.0 Å². The third kappa shape index (κ3) is 5.21. The van der Waals surface area contributed by atoms with Gasteiger partial charge in [0.15, 0.2) is 0 Å². The summed E-state index contributed by atoms with van der Waals surface area (Å²) in [6.45, 7) is 11.2. The number of nitrogens with one attached hydrogen (secondary N) is 1. The van der Waals surface area contributed by atoms with Gasteiger partial charge in [-0.05, 0) is 89.7 Å². The van der Waals surface area contributed by atoms with Crippen molar-refractivity contribution in [2.45, 2.75) is 71.3 Å². The molecule has 2 saturated heterocycles. The van der Waals surface area contributed by atoms with Crippen molar-refractivity contribution in [3.63, 3.8) is 0 Å². The Hall–Kier alpha value is -2.52. The molecule has 5 nitrogen and oxygen atoms in total. The summed E-state index contributed by atoms with van der Waals surface area (Å²) in [6, 6.07) is 8.70. The fourth-order valence-corrected chi connectivity index (χ4v) is 4.42. The SMILES string of the molecule is Cc1ccc(C(=O)Nc2cc(C(F)(F)F)ccc2N2CCCCC2)cc1B1OC(C)(C)C(C)(C)O1. The summed E-state index contributed by atoms with van der Waals surface area (Å²) in [6.07, 6.45) is -1.49. The molecule has 0 aliphatic carbocycles. The molecule has 0 saturated carbocycles. The molecule has 2 aromatic rings. The normalized spacial score (nSPS) is 19.7. The number of carbonyl (C=O) groups is 1. The molecule has 2 aliphatic heterocycles. The average Bonchev–Trinajstić information content (AvgIpc) is 3.00. The van der Waals surface area contributed by atoms with Crippen LogP contribution in [0, 0.1) is 6.92 Å². The van der Waals surface area contributed by atoms with Crippen LogP contribution >= 0.6 is 0 Å². The number of halogens is 3. The lowest BCUT2D eigenvalue weighted by atomic mass is 9.75. The smallest absolute Gasteiger partial charge is 0.399 e. The number of amides is 1. The highest BCUT2D eigenvalue weighted by molar-refractivity contribution is 6.62. The molecule has 0 radical (unpaired) electrons. The van der Waals surface area contributed by atoms with Crippen LogP contribution in [-0.4, -0.2) is 37.3 Å². The Morgan fingerprint density at radius 3 is 2.20 bits per heavy atom. The lowest BCUT2D eigenvalue weighted by Crippen LogP contribution is -2.41. The predicted octanol–water partition coefficient (Wildman–Crippen LogP) is 5.56. The van der Waals surface area contributed by atoms with E-state index in [1.165, 1.54) is 6.07 Å². The number of piperidine rings is 1. The maximum absolute atomic E-state index is 13.4. The molecular weight excluding hydrogens is 456 g/mol. The Balaban J connectivity index is 1.64. The van der Waals surface area contributed by atoms with Crippen molar-refractivity contribution < 1.29 is 27.3 Å². The minimum Gasteiger partial charge on any atom is -0.399 e. The van der Waals surface area contributed by atoms with Crippen molar-refractivity contribution in [2.24, 2.45) is 0 Å². The van der Waals surface area contributed by atoms with Crippen molar-refractivity contribution in [3.8, 4) is 0 Å². The van der Waals surface area contributed by atoms with Gasteiger partial charge in [-0.1, -0.05) is 11.6 Å². The fraction of sp³-hybridized carbons (Fsp3) is 0.500. The summed E-state index contributed by atoms with van der Waals surface area (Å²) in [5.74, 6) is -0.486. The van der Waals surface area contributed by atoms with E-state index >= 15 is 0 Å². The second-order valence-corrected chi connectivity index (χ2v) is 10.4. The molecule has 1 N–H and O–H groups in total. The van der Waals surface area contributed by atoms with E-state index in [1.807, 2.05) is 39.5 Å². The van der Waals surface area contributed by atoms with Crippen LogP contribution < -0.4 is 15.7 Å². The molecule has 0 atom stereocenters. The summed E-state index contributed by atoms with van der Waals surface area (Å²) >= 11 is 0. The maximum atomic E-state index is 13.4. The highest BCUT2D eigenvalue weighted by Crippen LogP contribution is 2.38. The van der Waals surface area contributed by atoms with Crippen LogP contribution in [0.5, 0.6) is 0 Å². The van der Waals surface area contributed by atoms with E-state index in [1.54, 1.807) is 18.2 Å². The minimum absolute atomic E-state index is 0.157. The Bertz CT molecular complexity index is 1100. The molecule has 0 unspecified atom stereocenters. The van der Waals surface area contributed by atoms with E-state index in [0.717, 1.165) is 55.5 Å². The fourth-order valence-electron chi connectivity index (χ4n) is 4.42. The van der Waals surface area contributed by atoms with E-state index in [-0.39, 0.29) is 5.69 Å². The highest BCUT2D eigenvalue weighted by atomic mass is 19.4. The molecule has 9 heteroatoms. The largest absolute Gasteiger partial charge is 0.495 e. The van der Waals surface area contributed by atoms with Crippen molar-refractivity contribution in [1.82, 2.24) is 0 Å². The van der Waals surface area contributed by atoms with Gasteiger partial charge in [-0.25, -0.2) is 0 Å². The zero-order valence-electron chi connectivity index (χ0n) is 20.9. The van der Waals surface area contributed by atoms with Crippen molar-refractivity contribution in [3.05, 3.63) is 53.1 Å². The number of rotatable bonds is 4. The van der Waals surface area contributed by atoms with Crippen LogP contribution in [0.3, 0.4) is 0 Å². The molecule has 2 heterocycles. The molecule has 1 amide bonds. The first-order valence-corrected chi connectivity index (χ1v) is 12.0. The molecule has 2 fully saturated rings. The average molecular weight is 488 g/mol. The van der Waals surface area contributed by atoms with Gasteiger partial charge in [0.25, 0.3) is 5.91 Å². The number of nitrogens with zero attached hydrogens (tertiary/aromatic N) is 1. The predicted molar refractivity (Wildman–Crippen MR) is 132 cm³/mol. The van der Waals surface area contributed by atoms with Crippen LogP contribution in [0.25, 0.3) is 0 Å². The lowest BCUT2D eigenvalue weighted by Gasteiger charge is -2.32. The zero-order valence-corrected chi connectivity index (χ0v) is 20.9. The first-order chi connectivity index (χ1) is 16.3. The number of carbonyl (C=O) groups excluding carboxylic acids is 1. The molecule has 4 rings (SSSR count). The number of hydrogen-bond donors (Lipinski definition) is 1. The van der Waals surface area contributed by atoms with Gasteiger partial charge < -0.3 is 19.5 Å². The van der Waals surface area contributed by atoms with Crippen LogP contribution in [0.15, 0.2) is 36.4 Å². The van der Waals surface area contributed by atoms with Gasteiger partial charge in [0.1, 0.15) is 0 Å². The summed E-state index contributed by atoms with van der Waals surface area (Å²) in [5.41, 5.74) is 0.823. The zero-order chi connectivity index (χ0) is 25.6. The molecule has 35 heavy (non-hydrogen) atoms. The van der Waals surface area contributed by atoms with E-state index < -0.39 is 36.0 Å². The van der Waals surface area contributed by atoms with Crippen LogP contribution in [0.1, 0.15) is 68.4 Å². The second kappa shape index (κ2) is 9.17. The highest BCUT2D eigenvalue weighted by Gasteiger charge is 2.52. The molecule has 188 valence electrons. The molecule has 2 aliphatic rings. The van der Waals surface area contributed by atoms with E-state index in [4.69, 9.17) is 9.31 Å². The lowest BCUT2D eigenvalue weighted by molar-refractivity contribution is -0.137. The first kappa shape index (κ1) is 25.6. The Labute approximate surface area is 205 Å². The third-order valence-electron chi connectivity index (χ3n) is 7.32. The van der Waals surface area contributed by atoms with Gasteiger partial charge in [-0.3, -0.25) is 4.79 Å². The Morgan fingerprint density at radius 1 is 0.971 bits per heavy atom. The molecular formula is C26H32BF3N2O3. The number of hydrogen-bond acceptors (Lipinski definition) is 4. The van der Waals surface area contributed by atoms with Gasteiger partial charge >= 0.3 is 13.3 Å². The number of aryl methyl sites for hydroxylation is 1. The molecule has 0 aromatic heterocycles. The number of anilines is 2. The van der Waals surface area contributed by atoms with E-state index in [0.29, 0.717) is 11.3 Å². The number of benzene rings is 2. The van der Waals surface area contributed by atoms with Gasteiger partial charge in [0, 0.05) is 18.7 Å². The summed E-state index contributed by atoms with van der Waals surface area (Å²) in [4.78, 5) is 15.3.